The van der Waals surface area contributed by atoms with Gasteiger partial charge in [-0.2, -0.15) is 0 Å². The summed E-state index contributed by atoms with van der Waals surface area (Å²) in [5.41, 5.74) is 8.78. The lowest BCUT2D eigenvalue weighted by Crippen LogP contribution is -2.06. The van der Waals surface area contributed by atoms with Crippen LogP contribution in [0.15, 0.2) is 48.5 Å². The maximum Gasteiger partial charge on any atom is 0.269 e. The van der Waals surface area contributed by atoms with Gasteiger partial charge in [-0.3, -0.25) is 10.1 Å². The van der Waals surface area contributed by atoms with Crippen molar-refractivity contribution in [3.8, 4) is 0 Å². The van der Waals surface area contributed by atoms with Gasteiger partial charge >= 0.3 is 0 Å². The SMILES string of the molecule is NCCCCCc1nc2ccccc2n1Cc1ccc([N+](=O)[O-])cc1. The van der Waals surface area contributed by atoms with Gasteiger partial charge in [-0.1, -0.05) is 30.7 Å². The zero-order chi connectivity index (χ0) is 17.6. The molecule has 0 aliphatic carbocycles. The summed E-state index contributed by atoms with van der Waals surface area (Å²) in [7, 11) is 0. The third-order valence-corrected chi connectivity index (χ3v) is 4.33. The molecule has 3 aromatic rings. The summed E-state index contributed by atoms with van der Waals surface area (Å²) in [6, 6.07) is 14.8. The molecule has 0 aliphatic heterocycles. The maximum atomic E-state index is 10.8. The standard InChI is InChI=1S/C19H22N4O2/c20-13-5-1-2-8-19-21-17-6-3-4-7-18(17)22(19)14-15-9-11-16(12-10-15)23(24)25/h3-4,6-7,9-12H,1-2,5,8,13-14,20H2. The number of nitrogens with zero attached hydrogens (tertiary/aromatic N) is 3. The molecular weight excluding hydrogens is 316 g/mol. The van der Waals surface area contributed by atoms with Gasteiger partial charge in [0.05, 0.1) is 16.0 Å². The van der Waals surface area contributed by atoms with E-state index < -0.39 is 0 Å². The molecule has 130 valence electrons. The number of unbranched alkanes of at least 4 members (excludes halogenated alkanes) is 2. The second-order valence-corrected chi connectivity index (χ2v) is 6.13. The number of nitrogens with two attached hydrogens (primary N) is 1. The largest absolute Gasteiger partial charge is 0.330 e. The second-order valence-electron chi connectivity index (χ2n) is 6.13. The molecule has 6 nitrogen and oxygen atoms in total. The number of para-hydroxylation sites is 2. The summed E-state index contributed by atoms with van der Waals surface area (Å²) in [5.74, 6) is 1.05. The maximum absolute atomic E-state index is 10.8. The molecule has 0 spiro atoms. The molecule has 0 saturated carbocycles. The van der Waals surface area contributed by atoms with Crippen molar-refractivity contribution in [2.45, 2.75) is 32.2 Å². The highest BCUT2D eigenvalue weighted by Gasteiger charge is 2.11. The molecule has 3 rings (SSSR count). The molecule has 1 heterocycles. The van der Waals surface area contributed by atoms with E-state index in [1.165, 1.54) is 0 Å². The van der Waals surface area contributed by atoms with Crippen molar-refractivity contribution in [3.63, 3.8) is 0 Å². The number of imidazole rings is 1. The van der Waals surface area contributed by atoms with Gasteiger partial charge in [0, 0.05) is 25.1 Å². The van der Waals surface area contributed by atoms with Crippen molar-refractivity contribution in [1.29, 1.82) is 0 Å². The van der Waals surface area contributed by atoms with Crippen molar-refractivity contribution in [2.24, 2.45) is 5.73 Å². The average molecular weight is 338 g/mol. The van der Waals surface area contributed by atoms with Gasteiger partial charge in [0.15, 0.2) is 0 Å². The number of nitro benzene ring substituents is 1. The second kappa shape index (κ2) is 7.90. The van der Waals surface area contributed by atoms with Crippen LogP contribution in [-0.4, -0.2) is 21.0 Å². The molecule has 1 aromatic heterocycles. The van der Waals surface area contributed by atoms with E-state index in [1.807, 2.05) is 30.3 Å². The van der Waals surface area contributed by atoms with E-state index in [0.29, 0.717) is 6.54 Å². The third kappa shape index (κ3) is 4.03. The van der Waals surface area contributed by atoms with E-state index in [-0.39, 0.29) is 10.6 Å². The number of aryl methyl sites for hydroxylation is 1. The zero-order valence-electron chi connectivity index (χ0n) is 14.1. The summed E-state index contributed by atoms with van der Waals surface area (Å²) < 4.78 is 2.21. The van der Waals surface area contributed by atoms with Gasteiger partial charge in [-0.25, -0.2) is 4.98 Å². The van der Waals surface area contributed by atoms with Crippen LogP contribution in [0.5, 0.6) is 0 Å². The van der Waals surface area contributed by atoms with Crippen LogP contribution in [0.4, 0.5) is 5.69 Å². The van der Waals surface area contributed by atoms with Crippen molar-refractivity contribution in [3.05, 3.63) is 70.0 Å². The Morgan fingerprint density at radius 2 is 1.80 bits per heavy atom. The zero-order valence-corrected chi connectivity index (χ0v) is 14.1. The van der Waals surface area contributed by atoms with E-state index in [2.05, 4.69) is 10.6 Å². The van der Waals surface area contributed by atoms with Crippen LogP contribution >= 0.6 is 0 Å². The lowest BCUT2D eigenvalue weighted by atomic mass is 10.1. The minimum Gasteiger partial charge on any atom is -0.330 e. The normalized spacial score (nSPS) is 11.1. The molecule has 2 N–H and O–H groups in total. The van der Waals surface area contributed by atoms with Crippen molar-refractivity contribution in [1.82, 2.24) is 9.55 Å². The quantitative estimate of drug-likeness (QED) is 0.386. The molecule has 2 aromatic carbocycles. The highest BCUT2D eigenvalue weighted by atomic mass is 16.6. The molecule has 0 atom stereocenters. The lowest BCUT2D eigenvalue weighted by molar-refractivity contribution is -0.384. The Balaban J connectivity index is 1.86. The number of fused-ring (bicyclic) bond motifs is 1. The molecule has 0 amide bonds. The first-order valence-electron chi connectivity index (χ1n) is 8.56. The molecule has 0 saturated heterocycles. The van der Waals surface area contributed by atoms with E-state index >= 15 is 0 Å². The lowest BCUT2D eigenvalue weighted by Gasteiger charge is -2.09. The van der Waals surface area contributed by atoms with Crippen molar-refractivity contribution >= 4 is 16.7 Å². The topological polar surface area (TPSA) is 87.0 Å². The predicted molar refractivity (Wildman–Crippen MR) is 98.5 cm³/mol. The fourth-order valence-electron chi connectivity index (χ4n) is 3.00. The van der Waals surface area contributed by atoms with Crippen LogP contribution in [0.1, 0.15) is 30.7 Å². The smallest absolute Gasteiger partial charge is 0.269 e. The van der Waals surface area contributed by atoms with Gasteiger partial charge in [-0.05, 0) is 37.1 Å². The monoisotopic (exact) mass is 338 g/mol. The van der Waals surface area contributed by atoms with Crippen LogP contribution in [-0.2, 0) is 13.0 Å². The van der Waals surface area contributed by atoms with Crippen molar-refractivity contribution in [2.75, 3.05) is 6.54 Å². The van der Waals surface area contributed by atoms with E-state index in [1.54, 1.807) is 12.1 Å². The van der Waals surface area contributed by atoms with Crippen LogP contribution in [0.2, 0.25) is 0 Å². The first-order chi connectivity index (χ1) is 12.2. The number of hydrogen-bond donors (Lipinski definition) is 1. The average Bonchev–Trinajstić information content (AvgIpc) is 2.97. The molecule has 0 unspecified atom stereocenters. The molecule has 0 fully saturated rings. The summed E-state index contributed by atoms with van der Waals surface area (Å²) in [5, 5.41) is 10.8. The fourth-order valence-corrected chi connectivity index (χ4v) is 3.00. The Morgan fingerprint density at radius 1 is 1.04 bits per heavy atom. The van der Waals surface area contributed by atoms with E-state index in [0.717, 1.165) is 54.6 Å². The number of benzene rings is 2. The molecule has 25 heavy (non-hydrogen) atoms. The summed E-state index contributed by atoms with van der Waals surface area (Å²) in [4.78, 5) is 15.2. The van der Waals surface area contributed by atoms with Crippen LogP contribution < -0.4 is 5.73 Å². The first kappa shape index (κ1) is 17.1. The number of rotatable bonds is 8. The fraction of sp³-hybridized carbons (Fsp3) is 0.316. The minimum absolute atomic E-state index is 0.112. The number of non-ortho nitro benzene ring substituents is 1. The number of hydrogen-bond acceptors (Lipinski definition) is 4. The van der Waals surface area contributed by atoms with Crippen LogP contribution in [0.25, 0.3) is 11.0 Å². The number of aromatic nitrogens is 2. The Hall–Kier alpha value is -2.73. The van der Waals surface area contributed by atoms with Gasteiger partial charge in [-0.15, -0.1) is 0 Å². The summed E-state index contributed by atoms with van der Waals surface area (Å²) in [6.45, 7) is 1.38. The van der Waals surface area contributed by atoms with Crippen LogP contribution in [0, 0.1) is 10.1 Å². The highest BCUT2D eigenvalue weighted by molar-refractivity contribution is 5.76. The molecular formula is C19H22N4O2. The highest BCUT2D eigenvalue weighted by Crippen LogP contribution is 2.20. The Bertz CT molecular complexity index is 855. The number of nitro groups is 1. The predicted octanol–water partition coefficient (Wildman–Crippen LogP) is 3.66. The van der Waals surface area contributed by atoms with Gasteiger partial charge in [0.2, 0.25) is 0 Å². The molecule has 0 aliphatic rings. The van der Waals surface area contributed by atoms with Gasteiger partial charge in [0.25, 0.3) is 5.69 Å². The minimum atomic E-state index is -0.376. The third-order valence-electron chi connectivity index (χ3n) is 4.33. The van der Waals surface area contributed by atoms with Gasteiger partial charge < -0.3 is 10.3 Å². The first-order valence-corrected chi connectivity index (χ1v) is 8.56. The Labute approximate surface area is 146 Å². The molecule has 0 radical (unpaired) electrons. The van der Waals surface area contributed by atoms with Crippen LogP contribution in [0.3, 0.4) is 0 Å². The molecule has 0 bridgehead atoms. The van der Waals surface area contributed by atoms with E-state index in [9.17, 15) is 10.1 Å². The Morgan fingerprint density at radius 3 is 2.52 bits per heavy atom. The summed E-state index contributed by atoms with van der Waals surface area (Å²) in [6.07, 6.45) is 4.09. The summed E-state index contributed by atoms with van der Waals surface area (Å²) >= 11 is 0. The van der Waals surface area contributed by atoms with Crippen molar-refractivity contribution < 1.29 is 4.92 Å². The van der Waals surface area contributed by atoms with Gasteiger partial charge in [0.1, 0.15) is 5.82 Å². The molecule has 6 heteroatoms. The Kier molecular flexibility index (Phi) is 5.40. The van der Waals surface area contributed by atoms with E-state index in [4.69, 9.17) is 10.7 Å².